The van der Waals surface area contributed by atoms with Crippen LogP contribution in [-0.2, 0) is 9.59 Å². The summed E-state index contributed by atoms with van der Waals surface area (Å²) in [6.45, 7) is 0.750. The second kappa shape index (κ2) is 7.19. The van der Waals surface area contributed by atoms with Gasteiger partial charge in [-0.25, -0.2) is 0 Å². The normalized spacial score (nSPS) is 29.4. The van der Waals surface area contributed by atoms with Crippen molar-refractivity contribution in [1.29, 1.82) is 0 Å². The molecule has 1 heterocycles. The summed E-state index contributed by atoms with van der Waals surface area (Å²) in [5.74, 6) is 0.882. The standard InChI is InChI=1S/C21H28N2O2/c24-20(22-18-14-17(18)15-8-3-1-4-9-15)19-12-7-13-23(19)21(25)16-10-5-2-6-11-16/h1,3-4,8-9,16-19H,2,5-7,10-14H2,(H,22,24)/t17-,18-,19+/m1/s1. The highest BCUT2D eigenvalue weighted by Gasteiger charge is 2.43. The fourth-order valence-electron chi connectivity index (χ4n) is 4.59. The molecule has 3 atom stereocenters. The van der Waals surface area contributed by atoms with Crippen LogP contribution < -0.4 is 5.32 Å². The summed E-state index contributed by atoms with van der Waals surface area (Å²) in [6, 6.07) is 10.4. The van der Waals surface area contributed by atoms with Gasteiger partial charge >= 0.3 is 0 Å². The Labute approximate surface area is 150 Å². The number of carbonyl (C=O) groups is 2. The van der Waals surface area contributed by atoms with Crippen molar-refractivity contribution in [3.05, 3.63) is 35.9 Å². The smallest absolute Gasteiger partial charge is 0.243 e. The number of hydrogen-bond donors (Lipinski definition) is 1. The molecule has 2 aliphatic carbocycles. The number of carbonyl (C=O) groups excluding carboxylic acids is 2. The third-order valence-electron chi connectivity index (χ3n) is 6.14. The van der Waals surface area contributed by atoms with Crippen molar-refractivity contribution in [1.82, 2.24) is 10.2 Å². The van der Waals surface area contributed by atoms with Crippen LogP contribution >= 0.6 is 0 Å². The fourth-order valence-corrected chi connectivity index (χ4v) is 4.59. The van der Waals surface area contributed by atoms with Crippen molar-refractivity contribution in [2.24, 2.45) is 5.92 Å². The second-order valence-corrected chi connectivity index (χ2v) is 7.89. The molecule has 3 fully saturated rings. The van der Waals surface area contributed by atoms with Crippen molar-refractivity contribution < 1.29 is 9.59 Å². The Morgan fingerprint density at radius 2 is 1.72 bits per heavy atom. The molecule has 4 nitrogen and oxygen atoms in total. The van der Waals surface area contributed by atoms with E-state index in [4.69, 9.17) is 0 Å². The molecule has 1 saturated heterocycles. The first-order chi connectivity index (χ1) is 12.2. The van der Waals surface area contributed by atoms with Crippen LogP contribution in [0, 0.1) is 5.92 Å². The van der Waals surface area contributed by atoms with Crippen molar-refractivity contribution >= 4 is 11.8 Å². The molecule has 134 valence electrons. The quantitative estimate of drug-likeness (QED) is 0.915. The highest BCUT2D eigenvalue weighted by molar-refractivity contribution is 5.89. The first-order valence-electron chi connectivity index (χ1n) is 9.90. The molecule has 1 N–H and O–H groups in total. The zero-order valence-electron chi connectivity index (χ0n) is 14.8. The molecular weight excluding hydrogens is 312 g/mol. The van der Waals surface area contributed by atoms with Gasteiger partial charge in [0.15, 0.2) is 0 Å². The van der Waals surface area contributed by atoms with E-state index in [0.29, 0.717) is 5.92 Å². The lowest BCUT2D eigenvalue weighted by atomic mass is 9.88. The SMILES string of the molecule is O=C(N[C@@H]1C[C@@H]1c1ccccc1)[C@@H]1CCCN1C(=O)C1CCCCC1. The summed E-state index contributed by atoms with van der Waals surface area (Å²) in [7, 11) is 0. The topological polar surface area (TPSA) is 49.4 Å². The Hall–Kier alpha value is -1.84. The predicted molar refractivity (Wildman–Crippen MR) is 97.0 cm³/mol. The molecule has 25 heavy (non-hydrogen) atoms. The van der Waals surface area contributed by atoms with Crippen LogP contribution in [0.15, 0.2) is 30.3 Å². The van der Waals surface area contributed by atoms with E-state index in [1.54, 1.807) is 0 Å². The molecule has 2 amide bonds. The maximum absolute atomic E-state index is 12.8. The highest BCUT2D eigenvalue weighted by atomic mass is 16.2. The summed E-state index contributed by atoms with van der Waals surface area (Å²) in [4.78, 5) is 27.5. The van der Waals surface area contributed by atoms with Gasteiger partial charge in [-0.05, 0) is 37.7 Å². The van der Waals surface area contributed by atoms with Crippen LogP contribution in [0.4, 0.5) is 0 Å². The van der Waals surface area contributed by atoms with E-state index in [-0.39, 0.29) is 29.8 Å². The van der Waals surface area contributed by atoms with Gasteiger partial charge in [-0.3, -0.25) is 9.59 Å². The number of nitrogens with zero attached hydrogens (tertiary/aromatic N) is 1. The van der Waals surface area contributed by atoms with Gasteiger partial charge in [-0.1, -0.05) is 49.6 Å². The van der Waals surface area contributed by atoms with Gasteiger partial charge in [0.05, 0.1) is 0 Å². The molecule has 1 aromatic carbocycles. The lowest BCUT2D eigenvalue weighted by molar-refractivity contribution is -0.142. The van der Waals surface area contributed by atoms with Gasteiger partial charge in [0.25, 0.3) is 0 Å². The molecule has 1 aliphatic heterocycles. The van der Waals surface area contributed by atoms with E-state index in [0.717, 1.165) is 51.5 Å². The zero-order chi connectivity index (χ0) is 17.2. The fraction of sp³-hybridized carbons (Fsp3) is 0.619. The predicted octanol–water partition coefficient (Wildman–Crippen LogP) is 3.23. The molecule has 1 aromatic rings. The lowest BCUT2D eigenvalue weighted by Crippen LogP contribution is -2.48. The van der Waals surface area contributed by atoms with Crippen molar-refractivity contribution in [2.75, 3.05) is 6.54 Å². The van der Waals surface area contributed by atoms with Gasteiger partial charge in [0, 0.05) is 24.4 Å². The highest BCUT2D eigenvalue weighted by Crippen LogP contribution is 2.41. The Bertz CT molecular complexity index is 624. The number of nitrogens with one attached hydrogen (secondary N) is 1. The molecule has 3 aliphatic rings. The monoisotopic (exact) mass is 340 g/mol. The Morgan fingerprint density at radius 3 is 2.48 bits per heavy atom. The molecule has 0 bridgehead atoms. The molecule has 2 saturated carbocycles. The van der Waals surface area contributed by atoms with E-state index in [1.165, 1.54) is 12.0 Å². The Morgan fingerprint density at radius 1 is 0.960 bits per heavy atom. The van der Waals surface area contributed by atoms with Crippen molar-refractivity contribution in [2.45, 2.75) is 69.4 Å². The molecule has 0 radical (unpaired) electrons. The minimum absolute atomic E-state index is 0.0603. The number of amides is 2. The summed E-state index contributed by atoms with van der Waals surface area (Å²) in [5.41, 5.74) is 1.30. The number of likely N-dealkylation sites (tertiary alicyclic amines) is 1. The summed E-state index contributed by atoms with van der Waals surface area (Å²) in [5, 5.41) is 3.20. The lowest BCUT2D eigenvalue weighted by Gasteiger charge is -2.30. The second-order valence-electron chi connectivity index (χ2n) is 7.89. The first-order valence-corrected chi connectivity index (χ1v) is 9.90. The minimum Gasteiger partial charge on any atom is -0.351 e. The number of benzene rings is 1. The molecule has 4 rings (SSSR count). The summed E-state index contributed by atoms with van der Waals surface area (Å²) >= 11 is 0. The van der Waals surface area contributed by atoms with Crippen LogP contribution in [0.25, 0.3) is 0 Å². The van der Waals surface area contributed by atoms with Crippen molar-refractivity contribution in [3.8, 4) is 0 Å². The van der Waals surface area contributed by atoms with E-state index in [9.17, 15) is 9.59 Å². The maximum atomic E-state index is 12.8. The Kier molecular flexibility index (Phi) is 4.78. The van der Waals surface area contributed by atoms with Gasteiger partial charge in [-0.2, -0.15) is 0 Å². The molecule has 0 aromatic heterocycles. The van der Waals surface area contributed by atoms with E-state index in [1.807, 2.05) is 23.1 Å². The average Bonchev–Trinajstić information content (AvgIpc) is 3.25. The molecular formula is C21H28N2O2. The van der Waals surface area contributed by atoms with Gasteiger partial charge < -0.3 is 10.2 Å². The first kappa shape index (κ1) is 16.6. The van der Waals surface area contributed by atoms with Gasteiger partial charge in [0.1, 0.15) is 6.04 Å². The van der Waals surface area contributed by atoms with E-state index in [2.05, 4.69) is 17.4 Å². The van der Waals surface area contributed by atoms with E-state index >= 15 is 0 Å². The van der Waals surface area contributed by atoms with E-state index < -0.39 is 0 Å². The van der Waals surface area contributed by atoms with Crippen LogP contribution in [0.1, 0.15) is 62.8 Å². The van der Waals surface area contributed by atoms with Crippen LogP contribution in [-0.4, -0.2) is 35.3 Å². The number of hydrogen-bond acceptors (Lipinski definition) is 2. The molecule has 0 unspecified atom stereocenters. The minimum atomic E-state index is -0.244. The summed E-state index contributed by atoms with van der Waals surface area (Å²) in [6.07, 6.45) is 8.33. The van der Waals surface area contributed by atoms with Crippen molar-refractivity contribution in [3.63, 3.8) is 0 Å². The Balaban J connectivity index is 1.34. The van der Waals surface area contributed by atoms with Crippen LogP contribution in [0.3, 0.4) is 0 Å². The maximum Gasteiger partial charge on any atom is 0.243 e. The third-order valence-corrected chi connectivity index (χ3v) is 6.14. The summed E-state index contributed by atoms with van der Waals surface area (Å²) < 4.78 is 0. The van der Waals surface area contributed by atoms with Crippen LogP contribution in [0.5, 0.6) is 0 Å². The average molecular weight is 340 g/mol. The third kappa shape index (κ3) is 3.58. The molecule has 0 spiro atoms. The number of rotatable bonds is 4. The van der Waals surface area contributed by atoms with Gasteiger partial charge in [0.2, 0.25) is 11.8 Å². The largest absolute Gasteiger partial charge is 0.351 e. The van der Waals surface area contributed by atoms with Gasteiger partial charge in [-0.15, -0.1) is 0 Å². The van der Waals surface area contributed by atoms with Crippen LogP contribution in [0.2, 0.25) is 0 Å². The zero-order valence-corrected chi connectivity index (χ0v) is 14.8. The molecule has 4 heteroatoms.